The molecule has 0 radical (unpaired) electrons. The molecular formula is C18H29BrFN. The van der Waals surface area contributed by atoms with Crippen LogP contribution in [0.2, 0.25) is 0 Å². The molecular weight excluding hydrogens is 329 g/mol. The lowest BCUT2D eigenvalue weighted by Gasteiger charge is -2.28. The molecule has 0 amide bonds. The van der Waals surface area contributed by atoms with E-state index in [2.05, 4.69) is 42.0 Å². The van der Waals surface area contributed by atoms with Gasteiger partial charge in [0.25, 0.3) is 0 Å². The van der Waals surface area contributed by atoms with E-state index in [0.717, 1.165) is 19.4 Å². The largest absolute Gasteiger partial charge is 0.313 e. The summed E-state index contributed by atoms with van der Waals surface area (Å²) in [6.07, 6.45) is 7.13. The monoisotopic (exact) mass is 357 g/mol. The Hall–Kier alpha value is -0.410. The Morgan fingerprint density at radius 2 is 1.95 bits per heavy atom. The van der Waals surface area contributed by atoms with Crippen molar-refractivity contribution in [2.75, 3.05) is 6.54 Å². The quantitative estimate of drug-likeness (QED) is 0.564. The second-order valence-electron chi connectivity index (χ2n) is 5.82. The van der Waals surface area contributed by atoms with Crippen molar-refractivity contribution in [3.8, 4) is 0 Å². The van der Waals surface area contributed by atoms with Crippen LogP contribution in [0.3, 0.4) is 0 Å². The first-order valence-electron chi connectivity index (χ1n) is 8.29. The van der Waals surface area contributed by atoms with Crippen LogP contribution in [0.25, 0.3) is 0 Å². The molecule has 1 nitrogen and oxygen atoms in total. The topological polar surface area (TPSA) is 12.0 Å². The number of hydrogen-bond acceptors (Lipinski definition) is 1. The van der Waals surface area contributed by atoms with E-state index in [0.29, 0.717) is 16.4 Å². The van der Waals surface area contributed by atoms with Crippen LogP contribution in [0.15, 0.2) is 22.7 Å². The first-order valence-corrected chi connectivity index (χ1v) is 9.08. The summed E-state index contributed by atoms with van der Waals surface area (Å²) < 4.78 is 13.9. The van der Waals surface area contributed by atoms with Gasteiger partial charge in [0.05, 0.1) is 4.47 Å². The van der Waals surface area contributed by atoms with Gasteiger partial charge in [-0.1, -0.05) is 46.1 Å². The number of benzene rings is 1. The molecule has 120 valence electrons. The summed E-state index contributed by atoms with van der Waals surface area (Å²) in [5, 5.41) is 3.70. The van der Waals surface area contributed by atoms with E-state index in [1.54, 1.807) is 6.07 Å². The maximum absolute atomic E-state index is 13.4. The first-order chi connectivity index (χ1) is 10.1. The minimum Gasteiger partial charge on any atom is -0.313 e. The highest BCUT2D eigenvalue weighted by Crippen LogP contribution is 2.23. The predicted octanol–water partition coefficient (Wildman–Crippen LogP) is 5.72. The van der Waals surface area contributed by atoms with Crippen LogP contribution >= 0.6 is 15.9 Å². The summed E-state index contributed by atoms with van der Waals surface area (Å²) in [4.78, 5) is 0. The van der Waals surface area contributed by atoms with E-state index in [4.69, 9.17) is 0 Å². The van der Waals surface area contributed by atoms with Gasteiger partial charge >= 0.3 is 0 Å². The molecule has 0 aliphatic rings. The first kappa shape index (κ1) is 18.6. The summed E-state index contributed by atoms with van der Waals surface area (Å²) in [5.41, 5.74) is 1.20. The standard InChI is InChI=1S/C18H29BrFN/c1-4-7-8-15(6-3)18(21-11-5-2)13-14-9-10-17(20)16(19)12-14/h9-10,12,15,18,21H,4-8,11,13H2,1-3H3. The van der Waals surface area contributed by atoms with E-state index in [1.165, 1.54) is 31.2 Å². The summed E-state index contributed by atoms with van der Waals surface area (Å²) in [6.45, 7) is 7.78. The van der Waals surface area contributed by atoms with Crippen molar-refractivity contribution in [1.29, 1.82) is 0 Å². The van der Waals surface area contributed by atoms with Crippen LogP contribution in [0.5, 0.6) is 0 Å². The van der Waals surface area contributed by atoms with Gasteiger partial charge in [-0.3, -0.25) is 0 Å². The molecule has 1 N–H and O–H groups in total. The normalized spacial score (nSPS) is 14.1. The third kappa shape index (κ3) is 6.48. The molecule has 1 aromatic carbocycles. The van der Waals surface area contributed by atoms with Gasteiger partial charge in [0.2, 0.25) is 0 Å². The Balaban J connectivity index is 2.77. The lowest BCUT2D eigenvalue weighted by atomic mass is 9.87. The maximum Gasteiger partial charge on any atom is 0.137 e. The maximum atomic E-state index is 13.4. The number of unbranched alkanes of at least 4 members (excludes halogenated alkanes) is 1. The van der Waals surface area contributed by atoms with Gasteiger partial charge in [-0.05, 0) is 65.4 Å². The van der Waals surface area contributed by atoms with Gasteiger partial charge in [-0.25, -0.2) is 4.39 Å². The Kier molecular flexibility index (Phi) is 9.18. The molecule has 21 heavy (non-hydrogen) atoms. The summed E-state index contributed by atoms with van der Waals surface area (Å²) in [7, 11) is 0. The van der Waals surface area contributed by atoms with Crippen LogP contribution in [-0.4, -0.2) is 12.6 Å². The predicted molar refractivity (Wildman–Crippen MR) is 93.2 cm³/mol. The van der Waals surface area contributed by atoms with Gasteiger partial charge in [-0.15, -0.1) is 0 Å². The Morgan fingerprint density at radius 3 is 2.52 bits per heavy atom. The van der Waals surface area contributed by atoms with Crippen LogP contribution in [0, 0.1) is 11.7 Å². The van der Waals surface area contributed by atoms with E-state index in [-0.39, 0.29) is 5.82 Å². The van der Waals surface area contributed by atoms with Crippen LogP contribution < -0.4 is 5.32 Å². The molecule has 1 rings (SSSR count). The van der Waals surface area contributed by atoms with Crippen LogP contribution in [-0.2, 0) is 6.42 Å². The average molecular weight is 358 g/mol. The van der Waals surface area contributed by atoms with Gasteiger partial charge in [-0.2, -0.15) is 0 Å². The number of hydrogen-bond donors (Lipinski definition) is 1. The molecule has 0 heterocycles. The molecule has 0 spiro atoms. The molecule has 0 aromatic heterocycles. The zero-order valence-corrected chi connectivity index (χ0v) is 15.2. The van der Waals surface area contributed by atoms with Crippen molar-refractivity contribution in [3.63, 3.8) is 0 Å². The second kappa shape index (κ2) is 10.3. The fourth-order valence-corrected chi connectivity index (χ4v) is 3.24. The summed E-state index contributed by atoms with van der Waals surface area (Å²) in [5.74, 6) is 0.509. The van der Waals surface area contributed by atoms with Crippen LogP contribution in [0.1, 0.15) is 58.4 Å². The van der Waals surface area contributed by atoms with Gasteiger partial charge in [0, 0.05) is 6.04 Å². The molecule has 0 saturated carbocycles. The van der Waals surface area contributed by atoms with E-state index in [1.807, 2.05) is 12.1 Å². The van der Waals surface area contributed by atoms with Gasteiger partial charge in [0.15, 0.2) is 0 Å². The molecule has 0 aliphatic heterocycles. The smallest absolute Gasteiger partial charge is 0.137 e. The molecule has 0 aliphatic carbocycles. The molecule has 0 bridgehead atoms. The Bertz CT molecular complexity index is 408. The molecule has 0 saturated heterocycles. The fraction of sp³-hybridized carbons (Fsp3) is 0.667. The highest BCUT2D eigenvalue weighted by Gasteiger charge is 2.19. The van der Waals surface area contributed by atoms with Crippen LogP contribution in [0.4, 0.5) is 4.39 Å². The van der Waals surface area contributed by atoms with Crippen molar-refractivity contribution in [3.05, 3.63) is 34.1 Å². The van der Waals surface area contributed by atoms with Crippen molar-refractivity contribution >= 4 is 15.9 Å². The fourth-order valence-electron chi connectivity index (χ4n) is 2.81. The second-order valence-corrected chi connectivity index (χ2v) is 6.68. The molecule has 2 unspecified atom stereocenters. The van der Waals surface area contributed by atoms with E-state index < -0.39 is 0 Å². The van der Waals surface area contributed by atoms with Gasteiger partial charge in [0.1, 0.15) is 5.82 Å². The molecule has 1 aromatic rings. The van der Waals surface area contributed by atoms with E-state index >= 15 is 0 Å². The van der Waals surface area contributed by atoms with E-state index in [9.17, 15) is 4.39 Å². The molecule has 2 atom stereocenters. The number of nitrogens with one attached hydrogen (secondary N) is 1. The summed E-state index contributed by atoms with van der Waals surface area (Å²) in [6, 6.07) is 5.87. The minimum atomic E-state index is -0.185. The number of rotatable bonds is 10. The lowest BCUT2D eigenvalue weighted by molar-refractivity contribution is 0.315. The highest BCUT2D eigenvalue weighted by atomic mass is 79.9. The van der Waals surface area contributed by atoms with Crippen molar-refractivity contribution in [1.82, 2.24) is 5.32 Å². The third-order valence-corrected chi connectivity index (χ3v) is 4.73. The SMILES string of the molecule is CCCCC(CC)C(Cc1ccc(F)c(Br)c1)NCCC. The molecule has 3 heteroatoms. The Labute approximate surface area is 137 Å². The van der Waals surface area contributed by atoms with Crippen molar-refractivity contribution in [2.45, 2.75) is 65.3 Å². The highest BCUT2D eigenvalue weighted by molar-refractivity contribution is 9.10. The zero-order valence-electron chi connectivity index (χ0n) is 13.6. The Morgan fingerprint density at radius 1 is 1.19 bits per heavy atom. The molecule has 0 fully saturated rings. The third-order valence-electron chi connectivity index (χ3n) is 4.12. The zero-order chi connectivity index (χ0) is 15.7. The van der Waals surface area contributed by atoms with Gasteiger partial charge < -0.3 is 5.32 Å². The minimum absolute atomic E-state index is 0.185. The van der Waals surface area contributed by atoms with Crippen molar-refractivity contribution in [2.24, 2.45) is 5.92 Å². The van der Waals surface area contributed by atoms with Crippen molar-refractivity contribution < 1.29 is 4.39 Å². The average Bonchev–Trinajstić information content (AvgIpc) is 2.48. The summed E-state index contributed by atoms with van der Waals surface area (Å²) >= 11 is 3.29. The lowest BCUT2D eigenvalue weighted by Crippen LogP contribution is -2.38. The number of halogens is 2.